The second kappa shape index (κ2) is 8.07. The van der Waals surface area contributed by atoms with E-state index in [1.54, 1.807) is 24.8 Å². The van der Waals surface area contributed by atoms with Gasteiger partial charge in [0.2, 0.25) is 10.0 Å². The predicted octanol–water partition coefficient (Wildman–Crippen LogP) is 2.12. The van der Waals surface area contributed by atoms with Gasteiger partial charge in [-0.15, -0.1) is 0 Å². The molecule has 1 unspecified atom stereocenters. The molecule has 20 heavy (non-hydrogen) atoms. The van der Waals surface area contributed by atoms with E-state index in [1.165, 1.54) is 0 Å². The molecule has 5 nitrogen and oxygen atoms in total. The Hall–Kier alpha value is -0.500. The number of hydrogen-bond donors (Lipinski definition) is 2. The third-order valence-corrected chi connectivity index (χ3v) is 5.62. The van der Waals surface area contributed by atoms with Crippen LogP contribution in [-0.4, -0.2) is 33.0 Å². The highest BCUT2D eigenvalue weighted by atomic mass is 32.2. The summed E-state index contributed by atoms with van der Waals surface area (Å²) < 4.78 is 32.5. The first-order valence-electron chi connectivity index (χ1n) is 6.73. The summed E-state index contributed by atoms with van der Waals surface area (Å²) in [6.07, 6.45) is 2.83. The molecule has 0 aromatic carbocycles. The fraction of sp³-hybridized carbons (Fsp3) is 0.692. The number of rotatable bonds is 9. The lowest BCUT2D eigenvalue weighted by atomic mass is 10.3. The molecule has 2 N–H and O–H groups in total. The fourth-order valence-electron chi connectivity index (χ4n) is 1.72. The Balaban J connectivity index is 2.69. The summed E-state index contributed by atoms with van der Waals surface area (Å²) >= 11 is 1.73. The van der Waals surface area contributed by atoms with Crippen molar-refractivity contribution in [1.29, 1.82) is 0 Å². The normalized spacial score (nSPS) is 13.6. The summed E-state index contributed by atoms with van der Waals surface area (Å²) in [5, 5.41) is 3.55. The van der Waals surface area contributed by atoms with Gasteiger partial charge in [0.1, 0.15) is 16.4 Å². The van der Waals surface area contributed by atoms with Crippen LogP contribution in [0, 0.1) is 6.92 Å². The Labute approximate surface area is 125 Å². The van der Waals surface area contributed by atoms with Gasteiger partial charge in [-0.05, 0) is 26.1 Å². The number of nitrogens with one attached hydrogen (secondary N) is 2. The molecule has 0 spiro atoms. The third kappa shape index (κ3) is 5.12. The molecule has 0 radical (unpaired) electrons. The smallest absolute Gasteiger partial charge is 0.244 e. The highest BCUT2D eigenvalue weighted by molar-refractivity contribution is 7.99. The van der Waals surface area contributed by atoms with Gasteiger partial charge >= 0.3 is 0 Å². The highest BCUT2D eigenvalue weighted by Gasteiger charge is 2.21. The van der Waals surface area contributed by atoms with E-state index in [2.05, 4.69) is 17.0 Å². The first-order valence-corrected chi connectivity index (χ1v) is 9.50. The Bertz CT molecular complexity index is 512. The van der Waals surface area contributed by atoms with E-state index in [-0.39, 0.29) is 4.90 Å². The van der Waals surface area contributed by atoms with Crippen molar-refractivity contribution in [2.75, 3.05) is 19.3 Å². The molecule has 0 amide bonds. The summed E-state index contributed by atoms with van der Waals surface area (Å²) in [4.78, 5) is 0.238. The molecular weight excluding hydrogens is 296 g/mol. The molecule has 0 saturated heterocycles. The first-order chi connectivity index (χ1) is 9.40. The monoisotopic (exact) mass is 320 g/mol. The zero-order valence-corrected chi connectivity index (χ0v) is 14.2. The van der Waals surface area contributed by atoms with E-state index >= 15 is 0 Å². The van der Waals surface area contributed by atoms with E-state index < -0.39 is 10.0 Å². The largest absolute Gasteiger partial charge is 0.464 e. The molecule has 0 aliphatic heterocycles. The summed E-state index contributed by atoms with van der Waals surface area (Å²) in [6.45, 7) is 7.54. The third-order valence-electron chi connectivity index (χ3n) is 3.01. The summed E-state index contributed by atoms with van der Waals surface area (Å²) in [5.74, 6) is 1.07. The molecule has 7 heteroatoms. The zero-order valence-electron chi connectivity index (χ0n) is 12.5. The lowest BCUT2D eigenvalue weighted by molar-refractivity contribution is 0.460. The first kappa shape index (κ1) is 17.6. The number of thioether (sulfide) groups is 1. The molecule has 1 heterocycles. The minimum absolute atomic E-state index is 0.238. The van der Waals surface area contributed by atoms with Crippen molar-refractivity contribution in [2.24, 2.45) is 0 Å². The Kier molecular flexibility index (Phi) is 7.08. The molecule has 0 aliphatic carbocycles. The maximum Gasteiger partial charge on any atom is 0.244 e. The van der Waals surface area contributed by atoms with Gasteiger partial charge in [-0.1, -0.05) is 13.8 Å². The molecular formula is C13H24N2O3S2. The van der Waals surface area contributed by atoms with Crippen LogP contribution in [0.15, 0.2) is 15.4 Å². The van der Waals surface area contributed by atoms with Crippen LogP contribution < -0.4 is 10.0 Å². The number of furan rings is 1. The predicted molar refractivity (Wildman–Crippen MR) is 83.6 cm³/mol. The Morgan fingerprint density at radius 3 is 2.75 bits per heavy atom. The van der Waals surface area contributed by atoms with Gasteiger partial charge in [0, 0.05) is 17.9 Å². The lowest BCUT2D eigenvalue weighted by Crippen LogP contribution is -2.26. The van der Waals surface area contributed by atoms with Crippen molar-refractivity contribution in [3.63, 3.8) is 0 Å². The molecule has 0 saturated carbocycles. The van der Waals surface area contributed by atoms with Crippen LogP contribution in [-0.2, 0) is 16.6 Å². The minimum atomic E-state index is -3.48. The maximum absolute atomic E-state index is 12.2. The highest BCUT2D eigenvalue weighted by Crippen LogP contribution is 2.20. The molecule has 0 bridgehead atoms. The van der Waals surface area contributed by atoms with Gasteiger partial charge < -0.3 is 9.73 Å². The number of aryl methyl sites for hydroxylation is 1. The van der Waals surface area contributed by atoms with Crippen molar-refractivity contribution in [1.82, 2.24) is 10.0 Å². The van der Waals surface area contributed by atoms with Crippen LogP contribution in [0.1, 0.15) is 31.8 Å². The van der Waals surface area contributed by atoms with Crippen LogP contribution in [0.3, 0.4) is 0 Å². The van der Waals surface area contributed by atoms with Crippen molar-refractivity contribution in [3.05, 3.63) is 17.6 Å². The maximum atomic E-state index is 12.2. The van der Waals surface area contributed by atoms with Crippen LogP contribution in [0.2, 0.25) is 0 Å². The van der Waals surface area contributed by atoms with E-state index in [0.717, 1.165) is 13.0 Å². The van der Waals surface area contributed by atoms with Gasteiger partial charge in [0.05, 0.1) is 6.54 Å². The second-order valence-electron chi connectivity index (χ2n) is 4.65. The summed E-state index contributed by atoms with van der Waals surface area (Å²) in [7, 11) is -3.48. The molecule has 1 rings (SSSR count). The molecule has 1 aromatic rings. The van der Waals surface area contributed by atoms with Crippen molar-refractivity contribution >= 4 is 21.8 Å². The average molecular weight is 320 g/mol. The SMILES string of the molecule is CCNCc1cc(S(=O)(=O)NCCC(C)SC)c(C)o1. The topological polar surface area (TPSA) is 71.3 Å². The average Bonchev–Trinajstić information content (AvgIpc) is 2.78. The van der Waals surface area contributed by atoms with Gasteiger partial charge in [-0.25, -0.2) is 13.1 Å². The van der Waals surface area contributed by atoms with Crippen LogP contribution in [0.4, 0.5) is 0 Å². The Morgan fingerprint density at radius 2 is 2.15 bits per heavy atom. The standard InChI is InChI=1S/C13H24N2O3S2/c1-5-14-9-12-8-13(11(3)18-12)20(16,17)15-7-6-10(2)19-4/h8,10,14-15H,5-7,9H2,1-4H3. The number of sulfonamides is 1. The summed E-state index contributed by atoms with van der Waals surface area (Å²) in [6, 6.07) is 1.60. The van der Waals surface area contributed by atoms with Gasteiger partial charge in [0.25, 0.3) is 0 Å². The van der Waals surface area contributed by atoms with Gasteiger partial charge in [-0.2, -0.15) is 11.8 Å². The van der Waals surface area contributed by atoms with Crippen LogP contribution in [0.5, 0.6) is 0 Å². The molecule has 0 fully saturated rings. The lowest BCUT2D eigenvalue weighted by Gasteiger charge is -2.09. The molecule has 1 atom stereocenters. The molecule has 0 aliphatic rings. The van der Waals surface area contributed by atoms with E-state index in [0.29, 0.717) is 29.9 Å². The van der Waals surface area contributed by atoms with E-state index in [4.69, 9.17) is 4.42 Å². The van der Waals surface area contributed by atoms with Crippen LogP contribution in [0.25, 0.3) is 0 Å². The number of hydrogen-bond acceptors (Lipinski definition) is 5. The summed E-state index contributed by atoms with van der Waals surface area (Å²) in [5.41, 5.74) is 0. The van der Waals surface area contributed by atoms with Gasteiger partial charge in [0.15, 0.2) is 0 Å². The van der Waals surface area contributed by atoms with Crippen LogP contribution >= 0.6 is 11.8 Å². The van der Waals surface area contributed by atoms with Crippen molar-refractivity contribution in [2.45, 2.75) is 43.9 Å². The quantitative estimate of drug-likeness (QED) is 0.729. The van der Waals surface area contributed by atoms with E-state index in [9.17, 15) is 8.42 Å². The molecule has 1 aromatic heterocycles. The minimum Gasteiger partial charge on any atom is -0.464 e. The zero-order chi connectivity index (χ0) is 15.2. The van der Waals surface area contributed by atoms with Gasteiger partial charge in [-0.3, -0.25) is 0 Å². The fourth-order valence-corrected chi connectivity index (χ4v) is 3.32. The van der Waals surface area contributed by atoms with Crippen molar-refractivity contribution in [3.8, 4) is 0 Å². The van der Waals surface area contributed by atoms with E-state index in [1.807, 2.05) is 13.2 Å². The second-order valence-corrected chi connectivity index (χ2v) is 7.66. The van der Waals surface area contributed by atoms with Crippen molar-refractivity contribution < 1.29 is 12.8 Å². The molecule has 116 valence electrons. The Morgan fingerprint density at radius 1 is 1.45 bits per heavy atom.